The summed E-state index contributed by atoms with van der Waals surface area (Å²) in [7, 11) is 0. The Morgan fingerprint density at radius 1 is 1.11 bits per heavy atom. The number of amides is 1. The van der Waals surface area contributed by atoms with E-state index in [1.165, 1.54) is 5.56 Å². The van der Waals surface area contributed by atoms with Gasteiger partial charge < -0.3 is 5.32 Å². The summed E-state index contributed by atoms with van der Waals surface area (Å²) in [5.74, 6) is 0.733. The first-order valence-electron chi connectivity index (χ1n) is 9.70. The number of carbonyl (C=O) groups is 1. The minimum Gasteiger partial charge on any atom is -0.325 e. The molecule has 4 nitrogen and oxygen atoms in total. The molecule has 1 aliphatic heterocycles. The van der Waals surface area contributed by atoms with Gasteiger partial charge in [-0.2, -0.15) is 5.26 Å². The molecule has 2 aromatic rings. The van der Waals surface area contributed by atoms with Gasteiger partial charge in [0, 0.05) is 5.69 Å². The fourth-order valence-electron chi connectivity index (χ4n) is 3.70. The van der Waals surface area contributed by atoms with Crippen molar-refractivity contribution in [1.29, 1.82) is 5.26 Å². The molecule has 2 aromatic carbocycles. The Kier molecular flexibility index (Phi) is 6.62. The number of hydrogen-bond donors (Lipinski definition) is 1. The van der Waals surface area contributed by atoms with Gasteiger partial charge in [-0.05, 0) is 68.5 Å². The zero-order chi connectivity index (χ0) is 19.1. The maximum Gasteiger partial charge on any atom is 0.241 e. The fourth-order valence-corrected chi connectivity index (χ4v) is 3.70. The molecule has 0 aromatic heterocycles. The van der Waals surface area contributed by atoms with Crippen molar-refractivity contribution in [2.75, 3.05) is 18.4 Å². The molecule has 3 rings (SSSR count). The lowest BCUT2D eigenvalue weighted by Gasteiger charge is -2.35. The van der Waals surface area contributed by atoms with Gasteiger partial charge in [0.1, 0.15) is 0 Å². The number of rotatable bonds is 6. The van der Waals surface area contributed by atoms with Crippen LogP contribution in [0.25, 0.3) is 0 Å². The summed E-state index contributed by atoms with van der Waals surface area (Å²) < 4.78 is 0. The molecule has 0 saturated carbocycles. The van der Waals surface area contributed by atoms with Crippen LogP contribution in [0.5, 0.6) is 0 Å². The summed E-state index contributed by atoms with van der Waals surface area (Å²) in [6.07, 6.45) is 3.79. The van der Waals surface area contributed by atoms with Crippen molar-refractivity contribution < 1.29 is 4.79 Å². The van der Waals surface area contributed by atoms with E-state index in [9.17, 15) is 4.79 Å². The molecular formula is C23H27N3O. The summed E-state index contributed by atoms with van der Waals surface area (Å²) in [4.78, 5) is 14.9. The van der Waals surface area contributed by atoms with Crippen molar-refractivity contribution in [2.24, 2.45) is 5.92 Å². The second kappa shape index (κ2) is 9.34. The number of benzene rings is 2. The topological polar surface area (TPSA) is 56.1 Å². The molecule has 1 amide bonds. The lowest BCUT2D eigenvalue weighted by atomic mass is 9.89. The third-order valence-corrected chi connectivity index (χ3v) is 5.45. The highest BCUT2D eigenvalue weighted by atomic mass is 16.2. The Labute approximate surface area is 161 Å². The smallest absolute Gasteiger partial charge is 0.241 e. The molecule has 140 valence electrons. The molecule has 1 atom stereocenters. The fraction of sp³-hybridized carbons (Fsp3) is 0.391. The Morgan fingerprint density at radius 2 is 1.78 bits per heavy atom. The molecule has 1 heterocycles. The molecule has 1 aliphatic rings. The first-order chi connectivity index (χ1) is 13.2. The first-order valence-corrected chi connectivity index (χ1v) is 9.70. The number of nitriles is 1. The highest BCUT2D eigenvalue weighted by molar-refractivity contribution is 5.94. The molecule has 0 spiro atoms. The van der Waals surface area contributed by atoms with E-state index in [0.29, 0.717) is 12.3 Å². The Balaban J connectivity index is 1.47. The molecule has 0 radical (unpaired) electrons. The van der Waals surface area contributed by atoms with Crippen LogP contribution < -0.4 is 5.32 Å². The van der Waals surface area contributed by atoms with Gasteiger partial charge in [0.2, 0.25) is 5.91 Å². The third-order valence-electron chi connectivity index (χ3n) is 5.45. The molecule has 27 heavy (non-hydrogen) atoms. The monoisotopic (exact) mass is 361 g/mol. The lowest BCUT2D eigenvalue weighted by molar-refractivity contribution is -0.121. The summed E-state index contributed by atoms with van der Waals surface area (Å²) in [6, 6.07) is 20.2. The normalized spacial score (nSPS) is 16.4. The maximum atomic E-state index is 12.6. The van der Waals surface area contributed by atoms with Gasteiger partial charge in [0.25, 0.3) is 0 Å². The van der Waals surface area contributed by atoms with Crippen LogP contribution in [0.15, 0.2) is 54.6 Å². The van der Waals surface area contributed by atoms with E-state index < -0.39 is 0 Å². The molecule has 1 N–H and O–H groups in total. The molecular weight excluding hydrogens is 334 g/mol. The number of carbonyl (C=O) groups excluding carboxylic acids is 1. The summed E-state index contributed by atoms with van der Waals surface area (Å²) >= 11 is 0. The van der Waals surface area contributed by atoms with E-state index in [1.807, 2.05) is 31.2 Å². The van der Waals surface area contributed by atoms with Crippen LogP contribution in [0.4, 0.5) is 5.69 Å². The zero-order valence-corrected chi connectivity index (χ0v) is 15.9. The van der Waals surface area contributed by atoms with E-state index in [-0.39, 0.29) is 11.9 Å². The van der Waals surface area contributed by atoms with Gasteiger partial charge in [-0.15, -0.1) is 0 Å². The van der Waals surface area contributed by atoms with Crippen molar-refractivity contribution in [3.63, 3.8) is 0 Å². The average Bonchev–Trinajstić information content (AvgIpc) is 2.70. The van der Waals surface area contributed by atoms with Crippen molar-refractivity contribution >= 4 is 11.6 Å². The van der Waals surface area contributed by atoms with Gasteiger partial charge in [-0.25, -0.2) is 0 Å². The minimum absolute atomic E-state index is 0.0320. The SMILES string of the molecule is CC(C(=O)Nc1ccc(CC#N)cc1)N1CCC(Cc2ccccc2)CC1. The molecule has 1 fully saturated rings. The van der Waals surface area contributed by atoms with Crippen LogP contribution in [0.2, 0.25) is 0 Å². The predicted molar refractivity (Wildman–Crippen MR) is 108 cm³/mol. The number of nitrogens with one attached hydrogen (secondary N) is 1. The zero-order valence-electron chi connectivity index (χ0n) is 15.9. The Morgan fingerprint density at radius 3 is 2.41 bits per heavy atom. The second-order valence-electron chi connectivity index (χ2n) is 7.37. The molecule has 4 heteroatoms. The van der Waals surface area contributed by atoms with Gasteiger partial charge in [-0.3, -0.25) is 9.69 Å². The highest BCUT2D eigenvalue weighted by Gasteiger charge is 2.26. The summed E-state index contributed by atoms with van der Waals surface area (Å²) in [6.45, 7) is 3.91. The van der Waals surface area contributed by atoms with Crippen LogP contribution in [-0.2, 0) is 17.6 Å². The molecule has 1 unspecified atom stereocenters. The largest absolute Gasteiger partial charge is 0.325 e. The van der Waals surface area contributed by atoms with Crippen molar-refractivity contribution in [2.45, 2.75) is 38.6 Å². The Bertz CT molecular complexity index is 772. The quantitative estimate of drug-likeness (QED) is 0.845. The molecule has 0 bridgehead atoms. The van der Waals surface area contributed by atoms with Crippen molar-refractivity contribution in [3.05, 3.63) is 65.7 Å². The van der Waals surface area contributed by atoms with Crippen molar-refractivity contribution in [1.82, 2.24) is 4.90 Å². The molecule has 1 saturated heterocycles. The number of piperidine rings is 1. The first kappa shape index (κ1) is 19.1. The number of anilines is 1. The van der Waals surface area contributed by atoms with Gasteiger partial charge in [0.15, 0.2) is 0 Å². The summed E-state index contributed by atoms with van der Waals surface area (Å²) in [5.41, 5.74) is 3.15. The standard InChI is InChI=1S/C23H27N3O/c1-18(23(27)25-22-9-7-19(8-10-22)11-14-24)26-15-12-21(13-16-26)17-20-5-3-2-4-6-20/h2-10,18,21H,11-13,15-17H2,1H3,(H,25,27). The van der Waals surface area contributed by atoms with E-state index in [1.54, 1.807) is 0 Å². The van der Waals surface area contributed by atoms with Crippen LogP contribution >= 0.6 is 0 Å². The number of likely N-dealkylation sites (tertiary alicyclic amines) is 1. The van der Waals surface area contributed by atoms with Crippen LogP contribution in [0.3, 0.4) is 0 Å². The van der Waals surface area contributed by atoms with Gasteiger partial charge >= 0.3 is 0 Å². The molecule has 0 aliphatic carbocycles. The van der Waals surface area contributed by atoms with E-state index >= 15 is 0 Å². The van der Waals surface area contributed by atoms with Crippen LogP contribution in [0, 0.1) is 17.2 Å². The highest BCUT2D eigenvalue weighted by Crippen LogP contribution is 2.23. The summed E-state index contributed by atoms with van der Waals surface area (Å²) in [5, 5.41) is 11.7. The average molecular weight is 361 g/mol. The van der Waals surface area contributed by atoms with Gasteiger partial charge in [0.05, 0.1) is 18.5 Å². The van der Waals surface area contributed by atoms with E-state index in [0.717, 1.165) is 43.6 Å². The number of hydrogen-bond acceptors (Lipinski definition) is 3. The van der Waals surface area contributed by atoms with Crippen molar-refractivity contribution in [3.8, 4) is 6.07 Å². The van der Waals surface area contributed by atoms with Crippen LogP contribution in [-0.4, -0.2) is 29.9 Å². The van der Waals surface area contributed by atoms with Gasteiger partial charge in [-0.1, -0.05) is 42.5 Å². The second-order valence-corrected chi connectivity index (χ2v) is 7.37. The predicted octanol–water partition coefficient (Wildman–Crippen LogP) is 4.03. The Hall–Kier alpha value is -2.64. The van der Waals surface area contributed by atoms with Crippen LogP contribution in [0.1, 0.15) is 30.9 Å². The number of nitrogens with zero attached hydrogens (tertiary/aromatic N) is 2. The lowest BCUT2D eigenvalue weighted by Crippen LogP contribution is -2.46. The van der Waals surface area contributed by atoms with E-state index in [2.05, 4.69) is 46.6 Å². The minimum atomic E-state index is -0.138. The van der Waals surface area contributed by atoms with E-state index in [4.69, 9.17) is 5.26 Å². The maximum absolute atomic E-state index is 12.6. The third kappa shape index (κ3) is 5.42.